The summed E-state index contributed by atoms with van der Waals surface area (Å²) in [7, 11) is 0. The SMILES string of the molecule is CC(c1ccc(Cl)c(Cl)c1)N1CC2CCCCC2C1. The average Bonchev–Trinajstić information content (AvgIpc) is 2.85. The van der Waals surface area contributed by atoms with E-state index in [1.165, 1.54) is 44.3 Å². The first kappa shape index (κ1) is 13.7. The Hall–Kier alpha value is -0.240. The number of halogens is 2. The zero-order chi connectivity index (χ0) is 13.4. The highest BCUT2D eigenvalue weighted by Gasteiger charge is 2.36. The van der Waals surface area contributed by atoms with Crippen LogP contribution < -0.4 is 0 Å². The van der Waals surface area contributed by atoms with Gasteiger partial charge in [-0.15, -0.1) is 0 Å². The van der Waals surface area contributed by atoms with Crippen LogP contribution in [-0.2, 0) is 0 Å². The summed E-state index contributed by atoms with van der Waals surface area (Å²) in [5, 5.41) is 1.32. The largest absolute Gasteiger partial charge is 0.296 e. The zero-order valence-electron chi connectivity index (χ0n) is 11.4. The van der Waals surface area contributed by atoms with Gasteiger partial charge in [0.1, 0.15) is 0 Å². The van der Waals surface area contributed by atoms with Crippen molar-refractivity contribution in [2.24, 2.45) is 11.8 Å². The lowest BCUT2D eigenvalue weighted by Gasteiger charge is -2.25. The maximum atomic E-state index is 6.14. The van der Waals surface area contributed by atoms with Crippen molar-refractivity contribution in [2.45, 2.75) is 38.6 Å². The molecule has 0 bridgehead atoms. The second-order valence-corrected chi connectivity index (χ2v) is 6.92. The van der Waals surface area contributed by atoms with Crippen LogP contribution in [0.25, 0.3) is 0 Å². The Labute approximate surface area is 125 Å². The van der Waals surface area contributed by atoms with Crippen LogP contribution >= 0.6 is 23.2 Å². The molecule has 1 heterocycles. The lowest BCUT2D eigenvalue weighted by Crippen LogP contribution is -2.24. The molecule has 0 N–H and O–H groups in total. The molecule has 1 aromatic carbocycles. The van der Waals surface area contributed by atoms with Crippen molar-refractivity contribution in [1.29, 1.82) is 0 Å². The normalized spacial score (nSPS) is 29.2. The van der Waals surface area contributed by atoms with Gasteiger partial charge < -0.3 is 0 Å². The van der Waals surface area contributed by atoms with Crippen molar-refractivity contribution >= 4 is 23.2 Å². The molecule has 1 saturated carbocycles. The van der Waals surface area contributed by atoms with Crippen molar-refractivity contribution in [3.63, 3.8) is 0 Å². The molecule has 3 rings (SSSR count). The Kier molecular flexibility index (Phi) is 4.07. The van der Waals surface area contributed by atoms with E-state index in [2.05, 4.69) is 17.9 Å². The van der Waals surface area contributed by atoms with Crippen LogP contribution in [0.4, 0.5) is 0 Å². The summed E-state index contributed by atoms with van der Waals surface area (Å²) in [6, 6.07) is 6.50. The van der Waals surface area contributed by atoms with E-state index >= 15 is 0 Å². The van der Waals surface area contributed by atoms with Gasteiger partial charge in [0.25, 0.3) is 0 Å². The van der Waals surface area contributed by atoms with Crippen molar-refractivity contribution in [3.8, 4) is 0 Å². The molecule has 3 unspecified atom stereocenters. The van der Waals surface area contributed by atoms with Gasteiger partial charge >= 0.3 is 0 Å². The van der Waals surface area contributed by atoms with Gasteiger partial charge in [-0.05, 0) is 49.3 Å². The van der Waals surface area contributed by atoms with Gasteiger partial charge in [0.05, 0.1) is 10.0 Å². The van der Waals surface area contributed by atoms with Gasteiger partial charge in [0.2, 0.25) is 0 Å². The van der Waals surface area contributed by atoms with E-state index in [-0.39, 0.29) is 0 Å². The average molecular weight is 298 g/mol. The van der Waals surface area contributed by atoms with E-state index in [4.69, 9.17) is 23.2 Å². The molecule has 2 fully saturated rings. The third-order valence-electron chi connectivity index (χ3n) is 4.98. The maximum Gasteiger partial charge on any atom is 0.0595 e. The van der Waals surface area contributed by atoms with Gasteiger partial charge in [-0.3, -0.25) is 4.90 Å². The smallest absolute Gasteiger partial charge is 0.0595 e. The highest BCUT2D eigenvalue weighted by Crippen LogP contribution is 2.39. The lowest BCUT2D eigenvalue weighted by molar-refractivity contribution is 0.249. The Morgan fingerprint density at radius 3 is 2.26 bits per heavy atom. The predicted octanol–water partition coefficient (Wildman–Crippen LogP) is 5.18. The van der Waals surface area contributed by atoms with E-state index in [1.54, 1.807) is 0 Å². The monoisotopic (exact) mass is 297 g/mol. The Balaban J connectivity index is 1.73. The first-order chi connectivity index (χ1) is 9.15. The maximum absolute atomic E-state index is 6.14. The van der Waals surface area contributed by atoms with Crippen LogP contribution in [0.3, 0.4) is 0 Å². The number of likely N-dealkylation sites (tertiary alicyclic amines) is 1. The molecule has 0 radical (unpaired) electrons. The molecular formula is C16H21Cl2N. The molecular weight excluding hydrogens is 277 g/mol. The molecule has 104 valence electrons. The topological polar surface area (TPSA) is 3.24 Å². The van der Waals surface area contributed by atoms with Crippen molar-refractivity contribution < 1.29 is 0 Å². The Morgan fingerprint density at radius 2 is 1.68 bits per heavy atom. The zero-order valence-corrected chi connectivity index (χ0v) is 12.9. The number of hydrogen-bond donors (Lipinski definition) is 0. The molecule has 1 nitrogen and oxygen atoms in total. The molecule has 0 amide bonds. The molecule has 1 saturated heterocycles. The third kappa shape index (κ3) is 2.79. The second-order valence-electron chi connectivity index (χ2n) is 6.11. The van der Waals surface area contributed by atoms with Crippen LogP contribution in [0.5, 0.6) is 0 Å². The van der Waals surface area contributed by atoms with Crippen LogP contribution in [0.1, 0.15) is 44.2 Å². The first-order valence-electron chi connectivity index (χ1n) is 7.34. The van der Waals surface area contributed by atoms with Gasteiger partial charge in [0.15, 0.2) is 0 Å². The van der Waals surface area contributed by atoms with E-state index in [9.17, 15) is 0 Å². The van der Waals surface area contributed by atoms with Crippen LogP contribution in [0.15, 0.2) is 18.2 Å². The van der Waals surface area contributed by atoms with Gasteiger partial charge in [-0.1, -0.05) is 42.1 Å². The van der Waals surface area contributed by atoms with E-state index in [0.29, 0.717) is 16.1 Å². The summed E-state index contributed by atoms with van der Waals surface area (Å²) in [5.74, 6) is 1.86. The number of nitrogens with zero attached hydrogens (tertiary/aromatic N) is 1. The van der Waals surface area contributed by atoms with E-state index < -0.39 is 0 Å². The van der Waals surface area contributed by atoms with Gasteiger partial charge in [-0.2, -0.15) is 0 Å². The fraction of sp³-hybridized carbons (Fsp3) is 0.625. The number of fused-ring (bicyclic) bond motifs is 1. The molecule has 3 atom stereocenters. The van der Waals surface area contributed by atoms with Crippen molar-refractivity contribution in [1.82, 2.24) is 4.90 Å². The van der Waals surface area contributed by atoms with Gasteiger partial charge in [0, 0.05) is 19.1 Å². The summed E-state index contributed by atoms with van der Waals surface area (Å²) in [6.45, 7) is 4.80. The summed E-state index contributed by atoms with van der Waals surface area (Å²) >= 11 is 12.1. The molecule has 0 aromatic heterocycles. The highest BCUT2D eigenvalue weighted by atomic mass is 35.5. The summed E-state index contributed by atoms with van der Waals surface area (Å²) < 4.78 is 0. The number of hydrogen-bond acceptors (Lipinski definition) is 1. The van der Waals surface area contributed by atoms with E-state index in [1.807, 2.05) is 12.1 Å². The van der Waals surface area contributed by atoms with Crippen LogP contribution in [-0.4, -0.2) is 18.0 Å². The fourth-order valence-electron chi connectivity index (χ4n) is 3.74. The Morgan fingerprint density at radius 1 is 1.05 bits per heavy atom. The molecule has 1 aromatic rings. The minimum Gasteiger partial charge on any atom is -0.296 e. The molecule has 3 heteroatoms. The Bertz CT molecular complexity index is 446. The van der Waals surface area contributed by atoms with Crippen molar-refractivity contribution in [2.75, 3.05) is 13.1 Å². The molecule has 2 aliphatic rings. The lowest BCUT2D eigenvalue weighted by atomic mass is 9.82. The molecule has 1 aliphatic heterocycles. The number of benzene rings is 1. The highest BCUT2D eigenvalue weighted by molar-refractivity contribution is 6.42. The fourth-order valence-corrected chi connectivity index (χ4v) is 4.05. The quantitative estimate of drug-likeness (QED) is 0.727. The summed E-state index contributed by atoms with van der Waals surface area (Å²) in [4.78, 5) is 2.63. The predicted molar refractivity (Wildman–Crippen MR) is 81.9 cm³/mol. The second kappa shape index (κ2) is 5.63. The summed E-state index contributed by atoms with van der Waals surface area (Å²) in [5.41, 5.74) is 1.29. The standard InChI is InChI=1S/C16H21Cl2N/c1-11(12-6-7-15(17)16(18)8-12)19-9-13-4-2-3-5-14(13)10-19/h6-8,11,13-14H,2-5,9-10H2,1H3. The van der Waals surface area contributed by atoms with E-state index in [0.717, 1.165) is 11.8 Å². The molecule has 19 heavy (non-hydrogen) atoms. The minimum absolute atomic E-state index is 0.445. The molecule has 0 spiro atoms. The first-order valence-corrected chi connectivity index (χ1v) is 8.09. The van der Waals surface area contributed by atoms with Crippen molar-refractivity contribution in [3.05, 3.63) is 33.8 Å². The minimum atomic E-state index is 0.445. The van der Waals surface area contributed by atoms with Crippen LogP contribution in [0, 0.1) is 11.8 Å². The summed E-state index contributed by atoms with van der Waals surface area (Å²) in [6.07, 6.45) is 5.71. The molecule has 1 aliphatic carbocycles. The van der Waals surface area contributed by atoms with Crippen LogP contribution in [0.2, 0.25) is 10.0 Å². The van der Waals surface area contributed by atoms with Gasteiger partial charge in [-0.25, -0.2) is 0 Å². The number of rotatable bonds is 2. The third-order valence-corrected chi connectivity index (χ3v) is 5.72.